The summed E-state index contributed by atoms with van der Waals surface area (Å²) in [6.07, 6.45) is 1.70. The van der Waals surface area contributed by atoms with E-state index in [4.69, 9.17) is 9.15 Å². The highest BCUT2D eigenvalue weighted by Crippen LogP contribution is 2.15. The molecule has 0 aliphatic rings. The van der Waals surface area contributed by atoms with Crippen LogP contribution in [0.4, 0.5) is 0 Å². The quantitative estimate of drug-likeness (QED) is 0.830. The topological polar surface area (TPSA) is 34.4 Å². The van der Waals surface area contributed by atoms with Gasteiger partial charge in [-0.1, -0.05) is 25.1 Å². The van der Waals surface area contributed by atoms with Gasteiger partial charge in [-0.3, -0.25) is 0 Å². The van der Waals surface area contributed by atoms with Crippen molar-refractivity contribution in [3.05, 3.63) is 54.0 Å². The molecule has 0 spiro atoms. The van der Waals surface area contributed by atoms with Crippen molar-refractivity contribution in [1.29, 1.82) is 0 Å². The smallest absolute Gasteiger partial charge is 0.146 e. The van der Waals surface area contributed by atoms with Crippen LogP contribution in [0, 0.1) is 0 Å². The van der Waals surface area contributed by atoms with Gasteiger partial charge in [-0.05, 0) is 24.7 Å². The molecule has 0 saturated heterocycles. The summed E-state index contributed by atoms with van der Waals surface area (Å²) in [4.78, 5) is 0. The molecule has 1 aromatic heterocycles. The zero-order valence-electron chi connectivity index (χ0n) is 9.98. The number of benzene rings is 1. The van der Waals surface area contributed by atoms with E-state index in [1.807, 2.05) is 36.4 Å². The van der Waals surface area contributed by atoms with E-state index in [0.29, 0.717) is 6.61 Å². The molecule has 0 saturated carbocycles. The fourth-order valence-electron chi connectivity index (χ4n) is 1.58. The molecule has 90 valence electrons. The Morgan fingerprint density at radius 1 is 1.18 bits per heavy atom. The summed E-state index contributed by atoms with van der Waals surface area (Å²) in [6.45, 7) is 4.32. The van der Waals surface area contributed by atoms with E-state index in [-0.39, 0.29) is 0 Å². The summed E-state index contributed by atoms with van der Waals surface area (Å²) in [5, 5.41) is 3.27. The second-order valence-corrected chi connectivity index (χ2v) is 3.75. The highest BCUT2D eigenvalue weighted by Gasteiger charge is 2.06. The molecule has 3 nitrogen and oxygen atoms in total. The van der Waals surface area contributed by atoms with Gasteiger partial charge >= 0.3 is 0 Å². The molecule has 1 aromatic carbocycles. The number of hydrogen-bond donors (Lipinski definition) is 1. The average molecular weight is 231 g/mol. The first-order chi connectivity index (χ1) is 8.40. The van der Waals surface area contributed by atoms with Crippen molar-refractivity contribution in [3.63, 3.8) is 0 Å². The van der Waals surface area contributed by atoms with Crippen LogP contribution in [-0.4, -0.2) is 6.54 Å². The van der Waals surface area contributed by atoms with Crippen LogP contribution in [0.1, 0.15) is 18.2 Å². The Labute approximate surface area is 101 Å². The number of ether oxygens (including phenoxy) is 1. The molecule has 1 N–H and O–H groups in total. The molecule has 17 heavy (non-hydrogen) atoms. The average Bonchev–Trinajstić information content (AvgIpc) is 2.82. The molecular formula is C14H17NO2. The van der Waals surface area contributed by atoms with E-state index in [0.717, 1.165) is 30.2 Å². The maximum absolute atomic E-state index is 5.65. The Morgan fingerprint density at radius 3 is 2.76 bits per heavy atom. The van der Waals surface area contributed by atoms with Crippen molar-refractivity contribution in [2.45, 2.75) is 20.1 Å². The molecule has 1 heterocycles. The number of hydrogen-bond acceptors (Lipinski definition) is 3. The number of para-hydroxylation sites is 1. The van der Waals surface area contributed by atoms with Crippen LogP contribution in [-0.2, 0) is 13.2 Å². The number of rotatable bonds is 6. The molecular weight excluding hydrogens is 214 g/mol. The minimum Gasteiger partial charge on any atom is -0.486 e. The molecule has 2 rings (SSSR count). The maximum Gasteiger partial charge on any atom is 0.146 e. The standard InChI is InChI=1S/C14H17NO2/c1-2-15-10-12-8-9-16-14(12)11-17-13-6-4-3-5-7-13/h3-9,15H,2,10-11H2,1H3. The van der Waals surface area contributed by atoms with Crippen molar-refractivity contribution in [2.24, 2.45) is 0 Å². The van der Waals surface area contributed by atoms with Gasteiger partial charge in [0.25, 0.3) is 0 Å². The maximum atomic E-state index is 5.65. The molecule has 0 aliphatic heterocycles. The predicted molar refractivity (Wildman–Crippen MR) is 66.9 cm³/mol. The van der Waals surface area contributed by atoms with Crippen LogP contribution in [0.15, 0.2) is 47.1 Å². The Morgan fingerprint density at radius 2 is 2.00 bits per heavy atom. The summed E-state index contributed by atoms with van der Waals surface area (Å²) in [6, 6.07) is 11.7. The van der Waals surface area contributed by atoms with E-state index >= 15 is 0 Å². The van der Waals surface area contributed by atoms with Crippen LogP contribution in [0.25, 0.3) is 0 Å². The molecule has 2 aromatic rings. The van der Waals surface area contributed by atoms with Gasteiger partial charge in [0, 0.05) is 12.1 Å². The highest BCUT2D eigenvalue weighted by molar-refractivity contribution is 5.22. The third kappa shape index (κ3) is 3.36. The molecule has 0 unspecified atom stereocenters. The van der Waals surface area contributed by atoms with Crippen molar-refractivity contribution in [2.75, 3.05) is 6.54 Å². The third-order valence-corrected chi connectivity index (χ3v) is 2.52. The molecule has 0 radical (unpaired) electrons. The van der Waals surface area contributed by atoms with Gasteiger partial charge in [-0.25, -0.2) is 0 Å². The Bertz CT molecular complexity index is 436. The van der Waals surface area contributed by atoms with Gasteiger partial charge in [0.1, 0.15) is 18.1 Å². The summed E-state index contributed by atoms with van der Waals surface area (Å²) in [5.41, 5.74) is 1.16. The summed E-state index contributed by atoms with van der Waals surface area (Å²) in [5.74, 6) is 1.74. The lowest BCUT2D eigenvalue weighted by molar-refractivity contribution is 0.268. The molecule has 0 atom stereocenters. The van der Waals surface area contributed by atoms with Gasteiger partial charge in [-0.15, -0.1) is 0 Å². The Kier molecular flexibility index (Phi) is 4.22. The second kappa shape index (κ2) is 6.11. The summed E-state index contributed by atoms with van der Waals surface area (Å²) in [7, 11) is 0. The van der Waals surface area contributed by atoms with Gasteiger partial charge in [0.15, 0.2) is 0 Å². The zero-order chi connectivity index (χ0) is 11.9. The van der Waals surface area contributed by atoms with E-state index in [1.54, 1.807) is 6.26 Å². The fourth-order valence-corrected chi connectivity index (χ4v) is 1.58. The van der Waals surface area contributed by atoms with Crippen molar-refractivity contribution >= 4 is 0 Å². The molecule has 0 aliphatic carbocycles. The SMILES string of the molecule is CCNCc1ccoc1COc1ccccc1. The normalized spacial score (nSPS) is 10.4. The van der Waals surface area contributed by atoms with E-state index in [2.05, 4.69) is 12.2 Å². The monoisotopic (exact) mass is 231 g/mol. The minimum atomic E-state index is 0.470. The summed E-state index contributed by atoms with van der Waals surface area (Å²) >= 11 is 0. The largest absolute Gasteiger partial charge is 0.486 e. The first-order valence-electron chi connectivity index (χ1n) is 5.84. The van der Waals surface area contributed by atoms with Gasteiger partial charge < -0.3 is 14.5 Å². The Hall–Kier alpha value is -1.74. The first kappa shape index (κ1) is 11.7. The number of furan rings is 1. The number of nitrogens with one attached hydrogen (secondary N) is 1. The first-order valence-corrected chi connectivity index (χ1v) is 5.84. The minimum absolute atomic E-state index is 0.470. The van der Waals surface area contributed by atoms with Crippen molar-refractivity contribution in [3.8, 4) is 5.75 Å². The van der Waals surface area contributed by atoms with E-state index in [1.165, 1.54) is 0 Å². The molecule has 3 heteroatoms. The van der Waals surface area contributed by atoms with Crippen molar-refractivity contribution < 1.29 is 9.15 Å². The Balaban J connectivity index is 1.92. The van der Waals surface area contributed by atoms with E-state index < -0.39 is 0 Å². The molecule has 0 amide bonds. The van der Waals surface area contributed by atoms with Crippen LogP contribution in [0.3, 0.4) is 0 Å². The fraction of sp³-hybridized carbons (Fsp3) is 0.286. The van der Waals surface area contributed by atoms with Crippen molar-refractivity contribution in [1.82, 2.24) is 5.32 Å². The van der Waals surface area contributed by atoms with Crippen LogP contribution in [0.5, 0.6) is 5.75 Å². The summed E-state index contributed by atoms with van der Waals surface area (Å²) < 4.78 is 11.1. The molecule has 0 fully saturated rings. The predicted octanol–water partition coefficient (Wildman–Crippen LogP) is 2.97. The van der Waals surface area contributed by atoms with Crippen LogP contribution < -0.4 is 10.1 Å². The lowest BCUT2D eigenvalue weighted by Gasteiger charge is -2.06. The lowest BCUT2D eigenvalue weighted by atomic mass is 10.2. The highest BCUT2D eigenvalue weighted by atomic mass is 16.5. The van der Waals surface area contributed by atoms with Crippen LogP contribution >= 0.6 is 0 Å². The zero-order valence-corrected chi connectivity index (χ0v) is 9.98. The van der Waals surface area contributed by atoms with Gasteiger partial charge in [-0.2, -0.15) is 0 Å². The lowest BCUT2D eigenvalue weighted by Crippen LogP contribution is -2.12. The molecule has 0 bridgehead atoms. The van der Waals surface area contributed by atoms with Crippen LogP contribution in [0.2, 0.25) is 0 Å². The van der Waals surface area contributed by atoms with E-state index in [9.17, 15) is 0 Å². The van der Waals surface area contributed by atoms with Gasteiger partial charge in [0.05, 0.1) is 6.26 Å². The van der Waals surface area contributed by atoms with Gasteiger partial charge in [0.2, 0.25) is 0 Å². The second-order valence-electron chi connectivity index (χ2n) is 3.75. The third-order valence-electron chi connectivity index (χ3n) is 2.52.